The van der Waals surface area contributed by atoms with E-state index in [1.165, 1.54) is 12.5 Å². The normalized spacial score (nSPS) is 10.0. The van der Waals surface area contributed by atoms with Crippen LogP contribution in [-0.4, -0.2) is 20.0 Å². The third-order valence-electron chi connectivity index (χ3n) is 2.40. The fourth-order valence-corrected chi connectivity index (χ4v) is 1.50. The number of rotatable bonds is 4. The molecule has 0 spiro atoms. The Morgan fingerprint density at radius 3 is 2.18 bits per heavy atom. The summed E-state index contributed by atoms with van der Waals surface area (Å²) in [7, 11) is 3.09. The quantitative estimate of drug-likeness (QED) is 0.760. The van der Waals surface area contributed by atoms with Crippen LogP contribution in [0.25, 0.3) is 0 Å². The van der Waals surface area contributed by atoms with Gasteiger partial charge in [0, 0.05) is 11.6 Å². The first-order valence-corrected chi connectivity index (χ1v) is 5.04. The van der Waals surface area contributed by atoms with Crippen molar-refractivity contribution in [2.45, 2.75) is 0 Å². The SMILES string of the molecule is COc1cc(OC)cc(C(=O)c2ccoc2)c1. The number of ether oxygens (including phenoxy) is 2. The van der Waals surface area contributed by atoms with Crippen molar-refractivity contribution in [1.82, 2.24) is 0 Å². The van der Waals surface area contributed by atoms with Crippen LogP contribution in [0.4, 0.5) is 0 Å². The number of methoxy groups -OCH3 is 2. The van der Waals surface area contributed by atoms with E-state index >= 15 is 0 Å². The van der Waals surface area contributed by atoms with Crippen molar-refractivity contribution in [2.75, 3.05) is 14.2 Å². The van der Waals surface area contributed by atoms with Gasteiger partial charge in [0.25, 0.3) is 0 Å². The molecule has 2 aromatic rings. The second kappa shape index (κ2) is 4.74. The Kier molecular flexibility index (Phi) is 3.14. The van der Waals surface area contributed by atoms with Gasteiger partial charge in [-0.3, -0.25) is 4.79 Å². The number of carbonyl (C=O) groups excluding carboxylic acids is 1. The minimum absolute atomic E-state index is 0.129. The molecule has 88 valence electrons. The molecule has 0 aliphatic heterocycles. The van der Waals surface area contributed by atoms with Crippen molar-refractivity contribution in [3.05, 3.63) is 47.9 Å². The number of furan rings is 1. The van der Waals surface area contributed by atoms with Gasteiger partial charge >= 0.3 is 0 Å². The van der Waals surface area contributed by atoms with Crippen molar-refractivity contribution < 1.29 is 18.7 Å². The van der Waals surface area contributed by atoms with Gasteiger partial charge < -0.3 is 13.9 Å². The Labute approximate surface area is 98.8 Å². The highest BCUT2D eigenvalue weighted by Crippen LogP contribution is 2.24. The summed E-state index contributed by atoms with van der Waals surface area (Å²) >= 11 is 0. The Hall–Kier alpha value is -2.23. The molecule has 0 amide bonds. The largest absolute Gasteiger partial charge is 0.497 e. The molecule has 0 atom stereocenters. The summed E-state index contributed by atoms with van der Waals surface area (Å²) in [5.74, 6) is 1.03. The maximum atomic E-state index is 12.1. The zero-order chi connectivity index (χ0) is 12.3. The average Bonchev–Trinajstić information content (AvgIpc) is 2.91. The molecule has 0 radical (unpaired) electrons. The maximum absolute atomic E-state index is 12.1. The van der Waals surface area contributed by atoms with E-state index in [4.69, 9.17) is 13.9 Å². The number of hydrogen-bond donors (Lipinski definition) is 0. The average molecular weight is 232 g/mol. The van der Waals surface area contributed by atoms with Crippen LogP contribution in [0.3, 0.4) is 0 Å². The van der Waals surface area contributed by atoms with Crippen LogP contribution in [0.15, 0.2) is 41.2 Å². The van der Waals surface area contributed by atoms with Gasteiger partial charge in [0.15, 0.2) is 5.78 Å². The van der Waals surface area contributed by atoms with E-state index in [0.717, 1.165) is 0 Å². The van der Waals surface area contributed by atoms with Gasteiger partial charge in [0.2, 0.25) is 0 Å². The standard InChI is InChI=1S/C13H12O4/c1-15-11-5-10(6-12(7-11)16-2)13(14)9-3-4-17-8-9/h3-8H,1-2H3. The molecule has 0 saturated heterocycles. The zero-order valence-corrected chi connectivity index (χ0v) is 9.60. The molecule has 1 aromatic carbocycles. The van der Waals surface area contributed by atoms with E-state index in [2.05, 4.69) is 0 Å². The lowest BCUT2D eigenvalue weighted by Gasteiger charge is -2.06. The van der Waals surface area contributed by atoms with E-state index in [-0.39, 0.29) is 5.78 Å². The molecule has 17 heavy (non-hydrogen) atoms. The van der Waals surface area contributed by atoms with Gasteiger partial charge in [-0.2, -0.15) is 0 Å². The predicted octanol–water partition coefficient (Wildman–Crippen LogP) is 2.53. The van der Waals surface area contributed by atoms with E-state index in [0.29, 0.717) is 22.6 Å². The summed E-state index contributed by atoms with van der Waals surface area (Å²) in [5, 5.41) is 0. The summed E-state index contributed by atoms with van der Waals surface area (Å²) in [6.07, 6.45) is 2.87. The molecular weight excluding hydrogens is 220 g/mol. The van der Waals surface area contributed by atoms with Crippen molar-refractivity contribution in [3.63, 3.8) is 0 Å². The van der Waals surface area contributed by atoms with E-state index in [9.17, 15) is 4.79 Å². The molecule has 4 nitrogen and oxygen atoms in total. The first kappa shape index (κ1) is 11.3. The molecule has 4 heteroatoms. The second-order valence-electron chi connectivity index (χ2n) is 3.44. The molecule has 1 aromatic heterocycles. The van der Waals surface area contributed by atoms with Crippen LogP contribution in [0.5, 0.6) is 11.5 Å². The molecule has 0 aliphatic carbocycles. The highest BCUT2D eigenvalue weighted by molar-refractivity contribution is 6.09. The third kappa shape index (κ3) is 2.30. The van der Waals surface area contributed by atoms with Crippen LogP contribution >= 0.6 is 0 Å². The zero-order valence-electron chi connectivity index (χ0n) is 9.60. The van der Waals surface area contributed by atoms with Crippen LogP contribution in [0.2, 0.25) is 0 Å². The van der Waals surface area contributed by atoms with E-state index in [1.54, 1.807) is 38.5 Å². The van der Waals surface area contributed by atoms with Gasteiger partial charge in [0.1, 0.15) is 17.8 Å². The molecule has 0 fully saturated rings. The molecule has 0 aliphatic rings. The van der Waals surface area contributed by atoms with Gasteiger partial charge in [-0.05, 0) is 18.2 Å². The highest BCUT2D eigenvalue weighted by atomic mass is 16.5. The summed E-state index contributed by atoms with van der Waals surface area (Å²) in [4.78, 5) is 12.1. The van der Waals surface area contributed by atoms with Crippen molar-refractivity contribution in [2.24, 2.45) is 0 Å². The van der Waals surface area contributed by atoms with Crippen LogP contribution in [0.1, 0.15) is 15.9 Å². The van der Waals surface area contributed by atoms with Gasteiger partial charge in [0.05, 0.1) is 26.0 Å². The minimum atomic E-state index is -0.129. The lowest BCUT2D eigenvalue weighted by atomic mass is 10.1. The van der Waals surface area contributed by atoms with Crippen LogP contribution in [0, 0.1) is 0 Å². The maximum Gasteiger partial charge on any atom is 0.196 e. The summed E-state index contributed by atoms with van der Waals surface area (Å²) in [5.41, 5.74) is 1.00. The van der Waals surface area contributed by atoms with E-state index < -0.39 is 0 Å². The molecular formula is C13H12O4. The van der Waals surface area contributed by atoms with Gasteiger partial charge in [-0.25, -0.2) is 0 Å². The Balaban J connectivity index is 2.41. The van der Waals surface area contributed by atoms with E-state index in [1.807, 2.05) is 0 Å². The first-order valence-electron chi connectivity index (χ1n) is 5.04. The minimum Gasteiger partial charge on any atom is -0.497 e. The van der Waals surface area contributed by atoms with Crippen molar-refractivity contribution in [1.29, 1.82) is 0 Å². The molecule has 0 saturated carbocycles. The molecule has 2 rings (SSSR count). The topological polar surface area (TPSA) is 48.7 Å². The summed E-state index contributed by atoms with van der Waals surface area (Å²) < 4.78 is 15.1. The van der Waals surface area contributed by atoms with Crippen molar-refractivity contribution >= 4 is 5.78 Å². The number of ketones is 1. The lowest BCUT2D eigenvalue weighted by molar-refractivity contribution is 0.103. The van der Waals surface area contributed by atoms with Crippen LogP contribution < -0.4 is 9.47 Å². The van der Waals surface area contributed by atoms with Gasteiger partial charge in [-0.15, -0.1) is 0 Å². The monoisotopic (exact) mass is 232 g/mol. The Morgan fingerprint density at radius 2 is 1.71 bits per heavy atom. The first-order chi connectivity index (χ1) is 8.24. The molecule has 1 heterocycles. The van der Waals surface area contributed by atoms with Crippen molar-refractivity contribution in [3.8, 4) is 11.5 Å². The van der Waals surface area contributed by atoms with Gasteiger partial charge in [-0.1, -0.05) is 0 Å². The number of benzene rings is 1. The summed E-state index contributed by atoms with van der Waals surface area (Å²) in [6.45, 7) is 0. The second-order valence-corrected chi connectivity index (χ2v) is 3.44. The third-order valence-corrected chi connectivity index (χ3v) is 2.40. The molecule has 0 N–H and O–H groups in total. The molecule has 0 unspecified atom stereocenters. The Bertz CT molecular complexity index is 492. The number of carbonyl (C=O) groups is 1. The lowest BCUT2D eigenvalue weighted by Crippen LogP contribution is -2.01. The fourth-order valence-electron chi connectivity index (χ4n) is 1.50. The summed E-state index contributed by atoms with van der Waals surface area (Å²) in [6, 6.07) is 6.66. The fraction of sp³-hybridized carbons (Fsp3) is 0.154. The van der Waals surface area contributed by atoms with Crippen LogP contribution in [-0.2, 0) is 0 Å². The number of hydrogen-bond acceptors (Lipinski definition) is 4. The highest BCUT2D eigenvalue weighted by Gasteiger charge is 2.13. The molecule has 0 bridgehead atoms. The predicted molar refractivity (Wildman–Crippen MR) is 61.7 cm³/mol. The Morgan fingerprint density at radius 1 is 1.06 bits per heavy atom. The smallest absolute Gasteiger partial charge is 0.196 e.